The van der Waals surface area contributed by atoms with Crippen LogP contribution in [0.2, 0.25) is 0 Å². The summed E-state index contributed by atoms with van der Waals surface area (Å²) in [6, 6.07) is 0. The molecule has 0 heterocycles. The molecule has 0 saturated heterocycles. The molecule has 0 spiro atoms. The van der Waals surface area contributed by atoms with Crippen LogP contribution in [-0.4, -0.2) is 11.1 Å². The highest BCUT2D eigenvalue weighted by molar-refractivity contribution is 5.70. The zero-order valence-corrected chi connectivity index (χ0v) is 10.4. The Morgan fingerprint density at radius 2 is 1.93 bits per heavy atom. The van der Waals surface area contributed by atoms with Gasteiger partial charge in [0.2, 0.25) is 0 Å². The molecule has 1 rings (SSSR count). The summed E-state index contributed by atoms with van der Waals surface area (Å²) in [4.78, 5) is 11.1. The van der Waals surface area contributed by atoms with Gasteiger partial charge in [-0.15, -0.1) is 0 Å². The van der Waals surface area contributed by atoms with Crippen molar-refractivity contribution in [3.05, 3.63) is 0 Å². The fraction of sp³-hybridized carbons (Fsp3) is 0.923. The fourth-order valence-electron chi connectivity index (χ4n) is 2.83. The second kappa shape index (κ2) is 4.54. The summed E-state index contributed by atoms with van der Waals surface area (Å²) in [5.41, 5.74) is 0.330. The predicted octanol–water partition coefficient (Wildman–Crippen LogP) is 3.56. The van der Waals surface area contributed by atoms with E-state index in [0.717, 1.165) is 25.7 Å². The van der Waals surface area contributed by atoms with Gasteiger partial charge in [0, 0.05) is 0 Å². The molecule has 15 heavy (non-hydrogen) atoms. The van der Waals surface area contributed by atoms with Crippen molar-refractivity contribution in [1.29, 1.82) is 0 Å². The Kier molecular flexibility index (Phi) is 3.80. The summed E-state index contributed by atoms with van der Waals surface area (Å²) in [6.45, 7) is 8.92. The fourth-order valence-corrected chi connectivity index (χ4v) is 2.83. The van der Waals surface area contributed by atoms with E-state index in [-0.39, 0.29) is 5.92 Å². The van der Waals surface area contributed by atoms with E-state index in [0.29, 0.717) is 17.3 Å². The van der Waals surface area contributed by atoms with Gasteiger partial charge >= 0.3 is 5.97 Å². The van der Waals surface area contributed by atoms with Crippen LogP contribution in [0.3, 0.4) is 0 Å². The topological polar surface area (TPSA) is 37.3 Å². The van der Waals surface area contributed by atoms with Gasteiger partial charge in [-0.2, -0.15) is 0 Å². The van der Waals surface area contributed by atoms with Crippen LogP contribution in [0, 0.1) is 23.2 Å². The largest absolute Gasteiger partial charge is 0.481 e. The first kappa shape index (κ1) is 12.5. The molecule has 0 radical (unpaired) electrons. The van der Waals surface area contributed by atoms with E-state index in [1.54, 1.807) is 0 Å². The Balaban J connectivity index is 2.67. The number of rotatable bonds is 2. The van der Waals surface area contributed by atoms with Crippen molar-refractivity contribution in [2.24, 2.45) is 23.2 Å². The monoisotopic (exact) mass is 212 g/mol. The van der Waals surface area contributed by atoms with E-state index in [4.69, 9.17) is 5.11 Å². The Morgan fingerprint density at radius 1 is 1.33 bits per heavy atom. The number of carboxylic acid groups (broad SMARTS) is 1. The van der Waals surface area contributed by atoms with Crippen molar-refractivity contribution in [3.63, 3.8) is 0 Å². The lowest BCUT2D eigenvalue weighted by Crippen LogP contribution is -2.35. The SMILES string of the molecule is CCC1CC(C(C)(C)C)CCC1C(=O)O. The molecule has 1 aliphatic rings. The molecule has 3 atom stereocenters. The third kappa shape index (κ3) is 2.96. The van der Waals surface area contributed by atoms with Crippen LogP contribution in [0.4, 0.5) is 0 Å². The van der Waals surface area contributed by atoms with Crippen LogP contribution in [0.25, 0.3) is 0 Å². The Morgan fingerprint density at radius 3 is 2.33 bits per heavy atom. The number of hydrogen-bond donors (Lipinski definition) is 1. The van der Waals surface area contributed by atoms with E-state index in [9.17, 15) is 4.79 Å². The average Bonchev–Trinajstić information content (AvgIpc) is 2.15. The molecule has 2 nitrogen and oxygen atoms in total. The quantitative estimate of drug-likeness (QED) is 0.760. The molecule has 1 N–H and O–H groups in total. The van der Waals surface area contributed by atoms with Crippen molar-refractivity contribution in [1.82, 2.24) is 0 Å². The predicted molar refractivity (Wildman–Crippen MR) is 61.7 cm³/mol. The molecule has 0 amide bonds. The van der Waals surface area contributed by atoms with Crippen LogP contribution < -0.4 is 0 Å². The van der Waals surface area contributed by atoms with E-state index in [1.165, 1.54) is 0 Å². The van der Waals surface area contributed by atoms with Crippen LogP contribution in [-0.2, 0) is 4.79 Å². The molecule has 0 aromatic heterocycles. The second-order valence-electron chi connectivity index (χ2n) is 5.99. The lowest BCUT2D eigenvalue weighted by Gasteiger charge is -2.40. The summed E-state index contributed by atoms with van der Waals surface area (Å²) in [5.74, 6) is 0.404. The molecule has 1 fully saturated rings. The molecule has 0 aromatic carbocycles. The number of aliphatic carboxylic acids is 1. The number of carbonyl (C=O) groups is 1. The first-order chi connectivity index (χ1) is 6.86. The van der Waals surface area contributed by atoms with Gasteiger partial charge < -0.3 is 5.11 Å². The number of hydrogen-bond acceptors (Lipinski definition) is 1. The van der Waals surface area contributed by atoms with Crippen molar-refractivity contribution in [2.45, 2.75) is 53.4 Å². The van der Waals surface area contributed by atoms with Gasteiger partial charge in [0.1, 0.15) is 0 Å². The average molecular weight is 212 g/mol. The van der Waals surface area contributed by atoms with E-state index in [2.05, 4.69) is 27.7 Å². The lowest BCUT2D eigenvalue weighted by molar-refractivity contribution is -0.146. The Hall–Kier alpha value is -0.530. The molecule has 88 valence electrons. The minimum Gasteiger partial charge on any atom is -0.481 e. The van der Waals surface area contributed by atoms with Gasteiger partial charge in [-0.25, -0.2) is 0 Å². The number of carboxylic acids is 1. The molecule has 1 saturated carbocycles. The Bertz CT molecular complexity index is 227. The molecular weight excluding hydrogens is 188 g/mol. The van der Waals surface area contributed by atoms with Crippen molar-refractivity contribution >= 4 is 5.97 Å². The molecule has 0 aromatic rings. The van der Waals surface area contributed by atoms with Crippen molar-refractivity contribution in [3.8, 4) is 0 Å². The maximum absolute atomic E-state index is 11.1. The minimum absolute atomic E-state index is 0.0893. The van der Waals surface area contributed by atoms with Gasteiger partial charge in [0.25, 0.3) is 0 Å². The van der Waals surface area contributed by atoms with Crippen LogP contribution in [0.15, 0.2) is 0 Å². The first-order valence-corrected chi connectivity index (χ1v) is 6.09. The summed E-state index contributed by atoms with van der Waals surface area (Å²) in [7, 11) is 0. The first-order valence-electron chi connectivity index (χ1n) is 6.09. The second-order valence-corrected chi connectivity index (χ2v) is 5.99. The van der Waals surface area contributed by atoms with Gasteiger partial charge in [0.05, 0.1) is 5.92 Å². The minimum atomic E-state index is -0.589. The van der Waals surface area contributed by atoms with Gasteiger partial charge in [-0.1, -0.05) is 34.1 Å². The van der Waals surface area contributed by atoms with Crippen LogP contribution in [0.5, 0.6) is 0 Å². The molecule has 2 heteroatoms. The molecule has 1 aliphatic carbocycles. The van der Waals surface area contributed by atoms with E-state index < -0.39 is 5.97 Å². The van der Waals surface area contributed by atoms with Crippen molar-refractivity contribution in [2.75, 3.05) is 0 Å². The van der Waals surface area contributed by atoms with Gasteiger partial charge in [-0.3, -0.25) is 4.79 Å². The zero-order chi connectivity index (χ0) is 11.6. The maximum atomic E-state index is 11.1. The normalized spacial score (nSPS) is 32.7. The summed E-state index contributed by atoms with van der Waals surface area (Å²) in [6.07, 6.45) is 4.05. The van der Waals surface area contributed by atoms with E-state index >= 15 is 0 Å². The summed E-state index contributed by atoms with van der Waals surface area (Å²) < 4.78 is 0. The lowest BCUT2D eigenvalue weighted by atomic mass is 9.65. The summed E-state index contributed by atoms with van der Waals surface area (Å²) >= 11 is 0. The molecule has 3 unspecified atom stereocenters. The molecule has 0 bridgehead atoms. The highest BCUT2D eigenvalue weighted by Crippen LogP contribution is 2.43. The van der Waals surface area contributed by atoms with Crippen molar-refractivity contribution < 1.29 is 9.90 Å². The zero-order valence-electron chi connectivity index (χ0n) is 10.4. The Labute approximate surface area is 93.1 Å². The highest BCUT2D eigenvalue weighted by Gasteiger charge is 2.37. The highest BCUT2D eigenvalue weighted by atomic mass is 16.4. The molecule has 0 aliphatic heterocycles. The standard InChI is InChI=1S/C13H24O2/c1-5-9-8-10(13(2,3)4)6-7-11(9)12(14)15/h9-11H,5-8H2,1-4H3,(H,14,15). The van der Waals surface area contributed by atoms with Gasteiger partial charge in [0.15, 0.2) is 0 Å². The van der Waals surface area contributed by atoms with Crippen LogP contribution >= 0.6 is 0 Å². The smallest absolute Gasteiger partial charge is 0.306 e. The maximum Gasteiger partial charge on any atom is 0.306 e. The molecular formula is C13H24O2. The third-order valence-corrected chi connectivity index (χ3v) is 4.05. The van der Waals surface area contributed by atoms with Gasteiger partial charge in [-0.05, 0) is 36.5 Å². The van der Waals surface area contributed by atoms with E-state index in [1.807, 2.05) is 0 Å². The summed E-state index contributed by atoms with van der Waals surface area (Å²) in [5, 5.41) is 9.13. The third-order valence-electron chi connectivity index (χ3n) is 4.05. The van der Waals surface area contributed by atoms with Crippen LogP contribution in [0.1, 0.15) is 53.4 Å².